The number of hydrogen-bond donors (Lipinski definition) is 0. The first-order valence-corrected chi connectivity index (χ1v) is 10.2. The molecular formula is C20H23F3N2O3S. The number of amides is 1. The maximum Gasteiger partial charge on any atom is 0.573 e. The van der Waals surface area contributed by atoms with E-state index >= 15 is 0 Å². The third kappa shape index (κ3) is 5.85. The number of hydrogen-bond acceptors (Lipinski definition) is 5. The standard InChI is InChI=1S/C20H23F3N2O3S/c1-19(2,3)28-18(26)25-11-5-4-6-16(25)17-24-15(12-29-17)13-7-9-14(10-8-13)27-20(21,22)23/h7-10,12,16H,4-6,11H2,1-3H3/t16-/m1/s1. The third-order valence-electron chi connectivity index (χ3n) is 4.32. The SMILES string of the molecule is CC(C)(C)OC(=O)N1CCCC[C@@H]1c1nc(-c2ccc(OC(F)(F)F)cc2)cs1. The van der Waals surface area contributed by atoms with Gasteiger partial charge in [-0.25, -0.2) is 9.78 Å². The van der Waals surface area contributed by atoms with E-state index in [1.165, 1.54) is 35.6 Å². The molecule has 1 aliphatic rings. The Kier molecular flexibility index (Phi) is 6.07. The average Bonchev–Trinajstić information content (AvgIpc) is 3.09. The van der Waals surface area contributed by atoms with Crippen molar-refractivity contribution in [1.29, 1.82) is 0 Å². The predicted octanol–water partition coefficient (Wildman–Crippen LogP) is 6.17. The Balaban J connectivity index is 1.76. The van der Waals surface area contributed by atoms with Gasteiger partial charge in [0.15, 0.2) is 0 Å². The van der Waals surface area contributed by atoms with Crippen molar-refractivity contribution >= 4 is 17.4 Å². The molecule has 2 heterocycles. The molecule has 1 amide bonds. The molecule has 1 atom stereocenters. The molecule has 0 N–H and O–H groups in total. The fraction of sp³-hybridized carbons (Fsp3) is 0.500. The highest BCUT2D eigenvalue weighted by Gasteiger charge is 2.33. The largest absolute Gasteiger partial charge is 0.573 e. The summed E-state index contributed by atoms with van der Waals surface area (Å²) < 4.78 is 46.3. The fourth-order valence-corrected chi connectivity index (χ4v) is 4.10. The van der Waals surface area contributed by atoms with Gasteiger partial charge >= 0.3 is 12.5 Å². The highest BCUT2D eigenvalue weighted by Crippen LogP contribution is 2.36. The summed E-state index contributed by atoms with van der Waals surface area (Å²) in [6.45, 7) is 6.10. The highest BCUT2D eigenvalue weighted by molar-refractivity contribution is 7.10. The maximum atomic E-state index is 12.6. The number of carbonyl (C=O) groups excluding carboxylic acids is 1. The molecule has 3 rings (SSSR count). The van der Waals surface area contributed by atoms with Crippen LogP contribution in [0.5, 0.6) is 5.75 Å². The molecule has 2 aromatic rings. The number of nitrogens with zero attached hydrogens (tertiary/aromatic N) is 2. The molecule has 5 nitrogen and oxygen atoms in total. The van der Waals surface area contributed by atoms with Gasteiger partial charge in [0.05, 0.1) is 11.7 Å². The molecule has 29 heavy (non-hydrogen) atoms. The first-order chi connectivity index (χ1) is 13.5. The van der Waals surface area contributed by atoms with Crippen LogP contribution in [0, 0.1) is 0 Å². The molecular weight excluding hydrogens is 405 g/mol. The Morgan fingerprint density at radius 2 is 1.86 bits per heavy atom. The zero-order chi connectivity index (χ0) is 21.2. The minimum absolute atomic E-state index is 0.162. The van der Waals surface area contributed by atoms with Gasteiger partial charge in [-0.2, -0.15) is 0 Å². The van der Waals surface area contributed by atoms with Crippen molar-refractivity contribution in [3.8, 4) is 17.0 Å². The van der Waals surface area contributed by atoms with Crippen LogP contribution in [-0.4, -0.2) is 34.5 Å². The van der Waals surface area contributed by atoms with E-state index in [-0.39, 0.29) is 17.9 Å². The van der Waals surface area contributed by atoms with Gasteiger partial charge in [-0.15, -0.1) is 24.5 Å². The van der Waals surface area contributed by atoms with Crippen molar-refractivity contribution in [3.05, 3.63) is 34.7 Å². The van der Waals surface area contributed by atoms with Gasteiger partial charge in [0.1, 0.15) is 16.4 Å². The number of likely N-dealkylation sites (tertiary alicyclic amines) is 1. The van der Waals surface area contributed by atoms with E-state index in [0.717, 1.165) is 24.3 Å². The van der Waals surface area contributed by atoms with E-state index in [0.29, 0.717) is 17.8 Å². The molecule has 9 heteroatoms. The van der Waals surface area contributed by atoms with Crippen molar-refractivity contribution in [3.63, 3.8) is 0 Å². The molecule has 1 aliphatic heterocycles. The lowest BCUT2D eigenvalue weighted by molar-refractivity contribution is -0.274. The molecule has 0 bridgehead atoms. The number of aromatic nitrogens is 1. The number of thiazole rings is 1. The Morgan fingerprint density at radius 1 is 1.17 bits per heavy atom. The molecule has 1 saturated heterocycles. The second kappa shape index (κ2) is 8.22. The Bertz CT molecular complexity index is 844. The topological polar surface area (TPSA) is 51.7 Å². The van der Waals surface area contributed by atoms with Crippen LogP contribution in [0.3, 0.4) is 0 Å². The number of carbonyl (C=O) groups is 1. The lowest BCUT2D eigenvalue weighted by Crippen LogP contribution is -2.41. The molecule has 1 aromatic heterocycles. The van der Waals surface area contributed by atoms with E-state index in [1.54, 1.807) is 4.90 Å². The molecule has 0 unspecified atom stereocenters. The van der Waals surface area contributed by atoms with Crippen LogP contribution in [0.2, 0.25) is 0 Å². The monoisotopic (exact) mass is 428 g/mol. The molecule has 1 fully saturated rings. The second-order valence-electron chi connectivity index (χ2n) is 7.83. The number of alkyl halides is 3. The summed E-state index contributed by atoms with van der Waals surface area (Å²) in [6.07, 6.45) is -2.38. The number of halogens is 3. The first kappa shape index (κ1) is 21.4. The summed E-state index contributed by atoms with van der Waals surface area (Å²) in [7, 11) is 0. The first-order valence-electron chi connectivity index (χ1n) is 9.33. The van der Waals surface area contributed by atoms with Gasteiger partial charge in [0.2, 0.25) is 0 Å². The van der Waals surface area contributed by atoms with Gasteiger partial charge in [-0.3, -0.25) is 4.90 Å². The number of piperidine rings is 1. The zero-order valence-corrected chi connectivity index (χ0v) is 17.3. The van der Waals surface area contributed by atoms with E-state index in [4.69, 9.17) is 4.74 Å². The Hall–Kier alpha value is -2.29. The van der Waals surface area contributed by atoms with Gasteiger partial charge in [-0.05, 0) is 64.3 Å². The van der Waals surface area contributed by atoms with Gasteiger partial charge < -0.3 is 9.47 Å². The second-order valence-corrected chi connectivity index (χ2v) is 8.72. The summed E-state index contributed by atoms with van der Waals surface area (Å²) >= 11 is 1.43. The fourth-order valence-electron chi connectivity index (χ4n) is 3.13. The van der Waals surface area contributed by atoms with Gasteiger partial charge in [0, 0.05) is 17.5 Å². The van der Waals surface area contributed by atoms with Crippen LogP contribution in [0.25, 0.3) is 11.3 Å². The summed E-state index contributed by atoms with van der Waals surface area (Å²) in [6, 6.07) is 5.43. The highest BCUT2D eigenvalue weighted by atomic mass is 32.1. The number of rotatable bonds is 3. The summed E-state index contributed by atoms with van der Waals surface area (Å²) in [5.74, 6) is -0.278. The lowest BCUT2D eigenvalue weighted by atomic mass is 10.0. The zero-order valence-electron chi connectivity index (χ0n) is 16.5. The summed E-state index contributed by atoms with van der Waals surface area (Å²) in [4.78, 5) is 19.0. The van der Waals surface area contributed by atoms with Crippen LogP contribution in [0.4, 0.5) is 18.0 Å². The maximum absolute atomic E-state index is 12.6. The minimum Gasteiger partial charge on any atom is -0.444 e. The van der Waals surface area contributed by atoms with E-state index in [2.05, 4.69) is 9.72 Å². The van der Waals surface area contributed by atoms with Crippen molar-refractivity contribution in [2.24, 2.45) is 0 Å². The number of ether oxygens (including phenoxy) is 2. The van der Waals surface area contributed by atoms with Crippen molar-refractivity contribution < 1.29 is 27.4 Å². The van der Waals surface area contributed by atoms with Crippen molar-refractivity contribution in [1.82, 2.24) is 9.88 Å². The Morgan fingerprint density at radius 3 is 2.48 bits per heavy atom. The lowest BCUT2D eigenvalue weighted by Gasteiger charge is -2.35. The average molecular weight is 428 g/mol. The molecule has 0 radical (unpaired) electrons. The third-order valence-corrected chi connectivity index (χ3v) is 5.27. The molecule has 0 aliphatic carbocycles. The van der Waals surface area contributed by atoms with E-state index in [1.807, 2.05) is 26.2 Å². The van der Waals surface area contributed by atoms with Crippen LogP contribution >= 0.6 is 11.3 Å². The summed E-state index contributed by atoms with van der Waals surface area (Å²) in [5.41, 5.74) is 0.757. The molecule has 0 saturated carbocycles. The van der Waals surface area contributed by atoms with Crippen LogP contribution < -0.4 is 4.74 Å². The minimum atomic E-state index is -4.72. The van der Waals surface area contributed by atoms with Crippen LogP contribution in [0.1, 0.15) is 51.1 Å². The smallest absolute Gasteiger partial charge is 0.444 e. The van der Waals surface area contributed by atoms with Crippen molar-refractivity contribution in [2.75, 3.05) is 6.54 Å². The van der Waals surface area contributed by atoms with E-state index < -0.39 is 12.0 Å². The molecule has 158 valence electrons. The van der Waals surface area contributed by atoms with Crippen molar-refractivity contribution in [2.45, 2.75) is 58.0 Å². The normalized spacial score (nSPS) is 17.9. The molecule has 1 aromatic carbocycles. The summed E-state index contributed by atoms with van der Waals surface area (Å²) in [5, 5.41) is 2.64. The van der Waals surface area contributed by atoms with Gasteiger partial charge in [-0.1, -0.05) is 0 Å². The Labute approximate surface area is 171 Å². The van der Waals surface area contributed by atoms with Crippen LogP contribution in [-0.2, 0) is 4.74 Å². The molecule has 0 spiro atoms. The van der Waals surface area contributed by atoms with Gasteiger partial charge in [0.25, 0.3) is 0 Å². The predicted molar refractivity (Wildman–Crippen MR) is 104 cm³/mol. The van der Waals surface area contributed by atoms with E-state index in [9.17, 15) is 18.0 Å². The van der Waals surface area contributed by atoms with Crippen LogP contribution in [0.15, 0.2) is 29.6 Å². The number of benzene rings is 1. The quantitative estimate of drug-likeness (QED) is 0.587.